The molecule has 0 aliphatic carbocycles. The van der Waals surface area contributed by atoms with Crippen molar-refractivity contribution in [2.45, 2.75) is 58.5 Å². The van der Waals surface area contributed by atoms with E-state index in [2.05, 4.69) is 89.5 Å². The Morgan fingerprint density at radius 3 is 2.04 bits per heavy atom. The molecule has 12 heteroatoms. The van der Waals surface area contributed by atoms with E-state index in [1.54, 1.807) is 6.20 Å². The second-order valence-electron chi connectivity index (χ2n) is 10.8. The van der Waals surface area contributed by atoms with Crippen LogP contribution >= 0.6 is 0 Å². The molecule has 0 aliphatic heterocycles. The molecule has 1 unspecified atom stereocenters. The van der Waals surface area contributed by atoms with E-state index in [9.17, 15) is 24.0 Å². The highest BCUT2D eigenvalue weighted by Gasteiger charge is 2.25. The zero-order valence-electron chi connectivity index (χ0n) is 27.4. The predicted octanol–water partition coefficient (Wildman–Crippen LogP) is 2.93. The summed E-state index contributed by atoms with van der Waals surface area (Å²) in [5, 5.41) is 21.7. The number of unbranched alkanes of at least 4 members (excludes halogenated alkanes) is 1. The van der Waals surface area contributed by atoms with Crippen LogP contribution in [0, 0.1) is 6.92 Å². The van der Waals surface area contributed by atoms with Crippen LogP contribution in [0.15, 0.2) is 72.9 Å². The predicted molar refractivity (Wildman–Crippen MR) is 184 cm³/mol. The van der Waals surface area contributed by atoms with Crippen molar-refractivity contribution in [3.05, 3.63) is 84.1 Å². The fourth-order valence-electron chi connectivity index (χ4n) is 4.32. The Hall–Kier alpha value is -5.23. The van der Waals surface area contributed by atoms with Crippen LogP contribution < -0.4 is 27.0 Å². The average molecular weight is 647 g/mol. The van der Waals surface area contributed by atoms with Crippen LogP contribution in [-0.4, -0.2) is 71.9 Å². The van der Waals surface area contributed by atoms with Gasteiger partial charge in [-0.3, -0.25) is 24.0 Å². The summed E-state index contributed by atoms with van der Waals surface area (Å²) in [4.78, 5) is 61.8. The van der Waals surface area contributed by atoms with Gasteiger partial charge in [0.05, 0.1) is 25.6 Å². The lowest BCUT2D eigenvalue weighted by atomic mass is 10.1. The first-order chi connectivity index (χ1) is 22.5. The lowest BCUT2D eigenvalue weighted by Gasteiger charge is -2.17. The van der Waals surface area contributed by atoms with Crippen molar-refractivity contribution in [2.24, 2.45) is 5.73 Å². The third-order valence-corrected chi connectivity index (χ3v) is 7.11. The van der Waals surface area contributed by atoms with Crippen molar-refractivity contribution in [3.8, 4) is 0 Å². The third-order valence-electron chi connectivity index (χ3n) is 7.11. The summed E-state index contributed by atoms with van der Waals surface area (Å²) in [5.74, 6) is -4.01. The number of carboxylic acid groups (broad SMARTS) is 1. The molecule has 0 fully saturated rings. The third kappa shape index (κ3) is 13.0. The van der Waals surface area contributed by atoms with Gasteiger partial charge in [-0.05, 0) is 41.3 Å². The first-order valence-corrected chi connectivity index (χ1v) is 15.5. The maximum atomic E-state index is 12.3. The molecule has 0 spiro atoms. The van der Waals surface area contributed by atoms with Crippen LogP contribution in [-0.2, 0) is 30.4 Å². The molecule has 2 atom stereocenters. The van der Waals surface area contributed by atoms with Gasteiger partial charge >= 0.3 is 5.97 Å². The van der Waals surface area contributed by atoms with Crippen molar-refractivity contribution < 1.29 is 29.1 Å². The van der Waals surface area contributed by atoms with Gasteiger partial charge in [0.1, 0.15) is 6.04 Å². The van der Waals surface area contributed by atoms with Crippen molar-refractivity contribution in [1.82, 2.24) is 26.3 Å². The first-order valence-electron chi connectivity index (χ1n) is 15.5. The van der Waals surface area contributed by atoms with Gasteiger partial charge in [-0.2, -0.15) is 0 Å². The molecule has 0 bridgehead atoms. The maximum Gasteiger partial charge on any atom is 0.305 e. The number of amides is 4. The van der Waals surface area contributed by atoms with Gasteiger partial charge in [-0.1, -0.05) is 87.4 Å². The number of rotatable bonds is 12. The molecule has 0 radical (unpaired) electrons. The van der Waals surface area contributed by atoms with Gasteiger partial charge in [0.2, 0.25) is 23.6 Å². The number of nitrogens with one attached hydrogen (secondary N) is 5. The van der Waals surface area contributed by atoms with Crippen molar-refractivity contribution in [2.75, 3.05) is 20.1 Å². The van der Waals surface area contributed by atoms with E-state index in [0.717, 1.165) is 16.5 Å². The fraction of sp³-hybridized carbons (Fsp3) is 0.343. The molecule has 12 nitrogen and oxygen atoms in total. The number of para-hydroxylation sites is 1. The number of carbonyl (C=O) groups excluding carboxylic acids is 4. The minimum Gasteiger partial charge on any atom is -0.481 e. The number of hydrogen-bond acceptors (Lipinski definition) is 6. The van der Waals surface area contributed by atoms with Crippen molar-refractivity contribution in [1.29, 1.82) is 0 Å². The summed E-state index contributed by atoms with van der Waals surface area (Å²) in [6, 6.07) is 20.0. The Balaban J connectivity index is 0.000000416. The summed E-state index contributed by atoms with van der Waals surface area (Å²) in [6.07, 6.45) is 3.94. The minimum absolute atomic E-state index is 0.237. The van der Waals surface area contributed by atoms with Crippen molar-refractivity contribution in [3.63, 3.8) is 0 Å². The second-order valence-corrected chi connectivity index (χ2v) is 10.8. The molecule has 0 saturated heterocycles. The van der Waals surface area contributed by atoms with E-state index >= 15 is 0 Å². The first kappa shape index (κ1) is 38.0. The zero-order chi connectivity index (χ0) is 34.8. The Labute approximate surface area is 274 Å². The number of aromatic amines is 1. The number of carboxylic acids is 1. The number of hydrogen-bond donors (Lipinski definition) is 7. The molecule has 0 saturated carbocycles. The van der Waals surface area contributed by atoms with Crippen LogP contribution in [0.3, 0.4) is 0 Å². The molecule has 4 aromatic rings. The molecule has 4 amide bonds. The topological polar surface area (TPSA) is 196 Å². The second kappa shape index (κ2) is 20.0. The van der Waals surface area contributed by atoms with E-state index in [-0.39, 0.29) is 13.0 Å². The zero-order valence-corrected chi connectivity index (χ0v) is 27.4. The highest BCUT2D eigenvalue weighted by molar-refractivity contribution is 5.94. The SMILES string of the molecule is CCCC.CNC(=O)CNC(=O)C(CC(=O)O)NC(=O)CNC(=O)[C@@H](N)Cc1c[nH]c2ccccc12.Cc1cccc2ccccc12. The summed E-state index contributed by atoms with van der Waals surface area (Å²) in [7, 11) is 1.37. The summed E-state index contributed by atoms with van der Waals surface area (Å²) in [6.45, 7) is 5.63. The molecule has 8 N–H and O–H groups in total. The number of nitrogens with two attached hydrogens (primary N) is 1. The van der Waals surface area contributed by atoms with E-state index < -0.39 is 54.6 Å². The van der Waals surface area contributed by atoms with E-state index in [0.29, 0.717) is 0 Å². The number of carbonyl (C=O) groups is 5. The molecule has 3 aromatic carbocycles. The Kier molecular flexibility index (Phi) is 16.2. The van der Waals surface area contributed by atoms with Gasteiger partial charge in [0.25, 0.3) is 0 Å². The lowest BCUT2D eigenvalue weighted by molar-refractivity contribution is -0.140. The van der Waals surface area contributed by atoms with Gasteiger partial charge in [-0.25, -0.2) is 0 Å². The summed E-state index contributed by atoms with van der Waals surface area (Å²) < 4.78 is 0. The summed E-state index contributed by atoms with van der Waals surface area (Å²) >= 11 is 0. The number of aromatic nitrogens is 1. The molecule has 1 heterocycles. The lowest BCUT2D eigenvalue weighted by Crippen LogP contribution is -2.52. The molecule has 1 aromatic heterocycles. The molecular weight excluding hydrogens is 600 g/mol. The van der Waals surface area contributed by atoms with Crippen LogP contribution in [0.2, 0.25) is 0 Å². The molecular formula is C35H46N6O6. The monoisotopic (exact) mass is 646 g/mol. The number of H-pyrrole nitrogens is 1. The summed E-state index contributed by atoms with van der Waals surface area (Å²) in [5.41, 5.74) is 9.05. The Morgan fingerprint density at radius 2 is 1.40 bits per heavy atom. The van der Waals surface area contributed by atoms with Gasteiger partial charge in [0.15, 0.2) is 0 Å². The van der Waals surface area contributed by atoms with Crippen molar-refractivity contribution >= 4 is 51.3 Å². The molecule has 0 aliphatic rings. The fourth-order valence-corrected chi connectivity index (χ4v) is 4.32. The molecule has 47 heavy (non-hydrogen) atoms. The quantitative estimate of drug-likeness (QED) is 0.123. The van der Waals surface area contributed by atoms with Crippen LogP contribution in [0.25, 0.3) is 21.7 Å². The van der Waals surface area contributed by atoms with Crippen LogP contribution in [0.5, 0.6) is 0 Å². The number of aryl methyl sites for hydroxylation is 1. The average Bonchev–Trinajstić information content (AvgIpc) is 3.48. The van der Waals surface area contributed by atoms with Gasteiger partial charge < -0.3 is 37.1 Å². The van der Waals surface area contributed by atoms with Crippen LogP contribution in [0.4, 0.5) is 0 Å². The largest absolute Gasteiger partial charge is 0.481 e. The standard InChI is InChI=1S/C20H26N6O6.C11H10.C4H10/c1-22-16(27)9-25-20(32)15(7-18(29)30)26-17(28)10-24-19(31)13(21)6-11-8-23-14-5-3-2-4-12(11)14;1-9-5-4-7-10-6-2-3-8-11(9)10;1-3-4-2/h2-5,8,13,15,23H,6-7,9-10,21H2,1H3,(H,22,27)(H,24,31)(H,25,32)(H,26,28)(H,29,30);2-8H,1H3;3-4H2,1-2H3/t13-,15?;;/m0../s1. The normalized spacial score (nSPS) is 11.5. The molecule has 4 rings (SSSR count). The number of benzene rings is 3. The Bertz CT molecular complexity index is 1630. The minimum atomic E-state index is -1.42. The highest BCUT2D eigenvalue weighted by Crippen LogP contribution is 2.19. The maximum absolute atomic E-state index is 12.3. The van der Waals surface area contributed by atoms with Crippen LogP contribution in [0.1, 0.15) is 44.2 Å². The van der Waals surface area contributed by atoms with Gasteiger partial charge in [-0.15, -0.1) is 0 Å². The Morgan fingerprint density at radius 1 is 0.809 bits per heavy atom. The highest BCUT2D eigenvalue weighted by atomic mass is 16.4. The van der Waals surface area contributed by atoms with E-state index in [4.69, 9.17) is 10.8 Å². The smallest absolute Gasteiger partial charge is 0.305 e. The molecule has 252 valence electrons. The van der Waals surface area contributed by atoms with Gasteiger partial charge in [0, 0.05) is 24.1 Å². The number of fused-ring (bicyclic) bond motifs is 2. The number of aliphatic carboxylic acids is 1. The number of likely N-dealkylation sites (N-methyl/N-ethyl adjacent to an activating group) is 1. The van der Waals surface area contributed by atoms with E-state index in [1.807, 2.05) is 24.3 Å². The van der Waals surface area contributed by atoms with E-state index in [1.165, 1.54) is 36.2 Å².